The second-order valence-corrected chi connectivity index (χ2v) is 5.82. The Bertz CT molecular complexity index is 880. The molecule has 0 saturated heterocycles. The van der Waals surface area contributed by atoms with Gasteiger partial charge in [-0.1, -0.05) is 47.1 Å². The lowest BCUT2D eigenvalue weighted by Crippen LogP contribution is -2.26. The van der Waals surface area contributed by atoms with Crippen molar-refractivity contribution in [1.29, 1.82) is 0 Å². The Morgan fingerprint density at radius 2 is 2.00 bits per heavy atom. The second kappa shape index (κ2) is 7.36. The van der Waals surface area contributed by atoms with Gasteiger partial charge in [-0.15, -0.1) is 0 Å². The summed E-state index contributed by atoms with van der Waals surface area (Å²) in [7, 11) is 3.15. The first kappa shape index (κ1) is 17.0. The van der Waals surface area contributed by atoms with Crippen LogP contribution in [0.4, 0.5) is 0 Å². The van der Waals surface area contributed by atoms with Crippen LogP contribution in [0, 0.1) is 0 Å². The minimum absolute atomic E-state index is 0.175. The lowest BCUT2D eigenvalue weighted by Gasteiger charge is -2.16. The van der Waals surface area contributed by atoms with Crippen LogP contribution < -0.4 is 4.74 Å². The van der Waals surface area contributed by atoms with E-state index in [1.807, 2.05) is 30.3 Å². The molecule has 3 aromatic rings. The van der Waals surface area contributed by atoms with Crippen molar-refractivity contribution in [2.75, 3.05) is 14.2 Å². The van der Waals surface area contributed by atoms with Crippen LogP contribution in [-0.4, -0.2) is 35.1 Å². The van der Waals surface area contributed by atoms with Crippen LogP contribution in [0.25, 0.3) is 11.4 Å². The summed E-state index contributed by atoms with van der Waals surface area (Å²) in [5.41, 5.74) is 1.23. The van der Waals surface area contributed by atoms with Gasteiger partial charge in [0, 0.05) is 17.6 Å². The Kier molecular flexibility index (Phi) is 5.00. The fourth-order valence-corrected chi connectivity index (χ4v) is 2.52. The van der Waals surface area contributed by atoms with Crippen molar-refractivity contribution in [3.63, 3.8) is 0 Å². The topological polar surface area (TPSA) is 68.5 Å². The van der Waals surface area contributed by atoms with Gasteiger partial charge in [0.25, 0.3) is 5.91 Å². The first-order chi connectivity index (χ1) is 12.1. The number of methoxy groups -OCH3 is 1. The van der Waals surface area contributed by atoms with Crippen molar-refractivity contribution >= 4 is 17.5 Å². The maximum absolute atomic E-state index is 12.7. The predicted octanol–water partition coefficient (Wildman–Crippen LogP) is 3.67. The van der Waals surface area contributed by atoms with Crippen LogP contribution in [0.15, 0.2) is 53.1 Å². The summed E-state index contributed by atoms with van der Waals surface area (Å²) in [6.45, 7) is 0.175. The summed E-state index contributed by atoms with van der Waals surface area (Å²) in [5, 5.41) is 4.41. The van der Waals surface area contributed by atoms with Crippen LogP contribution in [0.2, 0.25) is 5.02 Å². The minimum atomic E-state index is -0.251. The number of halogens is 1. The third-order valence-electron chi connectivity index (χ3n) is 3.61. The third kappa shape index (κ3) is 3.80. The van der Waals surface area contributed by atoms with Crippen molar-refractivity contribution in [2.45, 2.75) is 6.54 Å². The summed E-state index contributed by atoms with van der Waals surface area (Å²) < 4.78 is 10.5. The third-order valence-corrected chi connectivity index (χ3v) is 3.85. The molecule has 1 amide bonds. The zero-order chi connectivity index (χ0) is 17.8. The fourth-order valence-electron chi connectivity index (χ4n) is 2.35. The normalized spacial score (nSPS) is 10.5. The van der Waals surface area contributed by atoms with Crippen LogP contribution in [-0.2, 0) is 6.54 Å². The van der Waals surface area contributed by atoms with Crippen molar-refractivity contribution in [3.05, 3.63) is 65.0 Å². The molecule has 3 rings (SSSR count). The van der Waals surface area contributed by atoms with E-state index in [0.29, 0.717) is 28.1 Å². The highest BCUT2D eigenvalue weighted by Gasteiger charge is 2.19. The monoisotopic (exact) mass is 357 g/mol. The van der Waals surface area contributed by atoms with Gasteiger partial charge >= 0.3 is 0 Å². The Morgan fingerprint density at radius 3 is 2.72 bits per heavy atom. The molecule has 128 valence electrons. The molecule has 0 aliphatic carbocycles. The van der Waals surface area contributed by atoms with Crippen molar-refractivity contribution in [2.24, 2.45) is 0 Å². The Hall–Kier alpha value is -2.86. The minimum Gasteiger partial charge on any atom is -0.496 e. The van der Waals surface area contributed by atoms with Crippen LogP contribution in [0.1, 0.15) is 16.2 Å². The predicted molar refractivity (Wildman–Crippen MR) is 93.5 cm³/mol. The zero-order valence-electron chi connectivity index (χ0n) is 13.8. The van der Waals surface area contributed by atoms with Crippen LogP contribution >= 0.6 is 11.6 Å². The molecule has 0 N–H and O–H groups in total. The van der Waals surface area contributed by atoms with E-state index in [2.05, 4.69) is 10.1 Å². The number of hydrogen-bond acceptors (Lipinski definition) is 5. The summed E-state index contributed by atoms with van der Waals surface area (Å²) in [6, 6.07) is 14.4. The Balaban J connectivity index is 1.76. The summed E-state index contributed by atoms with van der Waals surface area (Å²) >= 11 is 5.99. The van der Waals surface area contributed by atoms with E-state index in [-0.39, 0.29) is 12.5 Å². The number of benzene rings is 2. The molecule has 0 saturated carbocycles. The number of aromatic nitrogens is 2. The van der Waals surface area contributed by atoms with Crippen molar-refractivity contribution in [3.8, 4) is 17.1 Å². The molecule has 2 aromatic carbocycles. The smallest absolute Gasteiger partial charge is 0.257 e. The summed E-state index contributed by atoms with van der Waals surface area (Å²) in [5.74, 6) is 1.03. The highest BCUT2D eigenvalue weighted by Crippen LogP contribution is 2.24. The molecule has 1 heterocycles. The summed E-state index contributed by atoms with van der Waals surface area (Å²) in [4.78, 5) is 18.5. The van der Waals surface area contributed by atoms with Gasteiger partial charge in [-0.2, -0.15) is 4.98 Å². The molecule has 1 aromatic heterocycles. The van der Waals surface area contributed by atoms with Gasteiger partial charge < -0.3 is 14.2 Å². The highest BCUT2D eigenvalue weighted by molar-refractivity contribution is 6.31. The molecule has 6 nitrogen and oxygen atoms in total. The number of rotatable bonds is 5. The molecule has 0 radical (unpaired) electrons. The lowest BCUT2D eigenvalue weighted by molar-refractivity contribution is 0.0766. The number of carbonyl (C=O) groups excluding carboxylic acids is 1. The quantitative estimate of drug-likeness (QED) is 0.696. The Labute approximate surface area is 150 Å². The highest BCUT2D eigenvalue weighted by atomic mass is 35.5. The van der Waals surface area contributed by atoms with Crippen LogP contribution in [0.3, 0.4) is 0 Å². The SMILES string of the molecule is COc1ccc(Cl)cc1C(=O)N(C)Cc1nc(-c2ccccc2)no1. The molecule has 0 fully saturated rings. The maximum Gasteiger partial charge on any atom is 0.257 e. The molecule has 0 unspecified atom stereocenters. The average Bonchev–Trinajstić information content (AvgIpc) is 3.10. The molecule has 0 aliphatic heterocycles. The van der Waals surface area contributed by atoms with Gasteiger partial charge in [0.2, 0.25) is 11.7 Å². The number of nitrogens with zero attached hydrogens (tertiary/aromatic N) is 3. The standard InChI is InChI=1S/C18H16ClN3O3/c1-22(18(23)14-10-13(19)8-9-15(14)24-2)11-16-20-17(21-25-16)12-6-4-3-5-7-12/h3-10H,11H2,1-2H3. The molecule has 7 heteroatoms. The lowest BCUT2D eigenvalue weighted by atomic mass is 10.1. The van der Waals surface area contributed by atoms with Gasteiger partial charge in [0.1, 0.15) is 12.3 Å². The number of ether oxygens (including phenoxy) is 1. The molecule has 0 bridgehead atoms. The number of amides is 1. The first-order valence-corrected chi connectivity index (χ1v) is 7.93. The van der Waals surface area contributed by atoms with E-state index < -0.39 is 0 Å². The largest absolute Gasteiger partial charge is 0.496 e. The molecule has 25 heavy (non-hydrogen) atoms. The molecule has 0 aliphatic rings. The van der Waals surface area contributed by atoms with Crippen molar-refractivity contribution in [1.82, 2.24) is 15.0 Å². The van der Waals surface area contributed by atoms with E-state index in [4.69, 9.17) is 20.9 Å². The van der Waals surface area contributed by atoms with E-state index in [1.54, 1.807) is 25.2 Å². The van der Waals surface area contributed by atoms with E-state index in [1.165, 1.54) is 12.0 Å². The van der Waals surface area contributed by atoms with Gasteiger partial charge in [0.05, 0.1) is 12.7 Å². The fraction of sp³-hybridized carbons (Fsp3) is 0.167. The van der Waals surface area contributed by atoms with Gasteiger partial charge in [-0.3, -0.25) is 4.79 Å². The zero-order valence-corrected chi connectivity index (χ0v) is 14.5. The molecule has 0 atom stereocenters. The Morgan fingerprint density at radius 1 is 1.24 bits per heavy atom. The first-order valence-electron chi connectivity index (χ1n) is 7.55. The van der Waals surface area contributed by atoms with E-state index >= 15 is 0 Å². The van der Waals surface area contributed by atoms with Crippen LogP contribution in [0.5, 0.6) is 5.75 Å². The van der Waals surface area contributed by atoms with Gasteiger partial charge in [-0.25, -0.2) is 0 Å². The molecule has 0 spiro atoms. The van der Waals surface area contributed by atoms with E-state index in [0.717, 1.165) is 5.56 Å². The average molecular weight is 358 g/mol. The number of hydrogen-bond donors (Lipinski definition) is 0. The van der Waals surface area contributed by atoms with Crippen molar-refractivity contribution < 1.29 is 14.1 Å². The molecular weight excluding hydrogens is 342 g/mol. The van der Waals surface area contributed by atoms with Gasteiger partial charge in [-0.05, 0) is 18.2 Å². The number of carbonyl (C=O) groups is 1. The maximum atomic E-state index is 12.7. The summed E-state index contributed by atoms with van der Waals surface area (Å²) in [6.07, 6.45) is 0. The van der Waals surface area contributed by atoms with E-state index in [9.17, 15) is 4.79 Å². The molecular formula is C18H16ClN3O3. The van der Waals surface area contributed by atoms with Gasteiger partial charge in [0.15, 0.2) is 0 Å². The second-order valence-electron chi connectivity index (χ2n) is 5.38.